The van der Waals surface area contributed by atoms with Crippen LogP contribution in [0.15, 0.2) is 53.6 Å². The molecule has 0 aromatic heterocycles. The molecule has 154 valence electrons. The number of nitrogens with two attached hydrogens (primary N) is 1. The Labute approximate surface area is 171 Å². The van der Waals surface area contributed by atoms with Crippen molar-refractivity contribution in [2.75, 3.05) is 17.0 Å². The van der Waals surface area contributed by atoms with E-state index >= 15 is 0 Å². The van der Waals surface area contributed by atoms with Gasteiger partial charge in [0.15, 0.2) is 0 Å². The molecule has 2 aliphatic rings. The summed E-state index contributed by atoms with van der Waals surface area (Å²) in [7, 11) is 1.26. The Balaban J connectivity index is 1.70. The van der Waals surface area contributed by atoms with Gasteiger partial charge in [-0.05, 0) is 35.9 Å². The summed E-state index contributed by atoms with van der Waals surface area (Å²) in [5, 5.41) is 5.62. The average Bonchev–Trinajstić information content (AvgIpc) is 3.36. The number of hydrazone groups is 1. The second kappa shape index (κ2) is 7.58. The van der Waals surface area contributed by atoms with Crippen LogP contribution < -0.4 is 15.6 Å². The summed E-state index contributed by atoms with van der Waals surface area (Å²) < 4.78 is 18.2. The number of carbonyl (C=O) groups is 3. The highest BCUT2D eigenvalue weighted by molar-refractivity contribution is 6.45. The Hall–Kier alpha value is -3.75. The number of methoxy groups -OCH3 is 1. The molecule has 2 N–H and O–H groups in total. The molecule has 2 amide bonds. The van der Waals surface area contributed by atoms with Crippen LogP contribution in [0.1, 0.15) is 12.0 Å². The molecule has 8 nitrogen and oxygen atoms in total. The van der Waals surface area contributed by atoms with Crippen LogP contribution >= 0.6 is 0 Å². The van der Waals surface area contributed by atoms with Crippen molar-refractivity contribution >= 4 is 34.9 Å². The normalized spacial score (nSPS) is 20.0. The molecule has 2 aliphatic heterocycles. The fourth-order valence-electron chi connectivity index (χ4n) is 3.79. The molecular formula is C21H19FN4O4. The van der Waals surface area contributed by atoms with E-state index in [1.165, 1.54) is 41.3 Å². The summed E-state index contributed by atoms with van der Waals surface area (Å²) >= 11 is 0. The van der Waals surface area contributed by atoms with Crippen molar-refractivity contribution in [1.29, 1.82) is 0 Å². The number of hydrogen-bond donors (Lipinski definition) is 1. The number of amides is 2. The molecule has 0 aliphatic carbocycles. The van der Waals surface area contributed by atoms with Crippen LogP contribution in [0, 0.1) is 5.82 Å². The zero-order chi connectivity index (χ0) is 21.4. The minimum atomic E-state index is -0.899. The lowest BCUT2D eigenvalue weighted by Gasteiger charge is -2.23. The molecule has 0 saturated carbocycles. The van der Waals surface area contributed by atoms with Crippen LogP contribution in [0.3, 0.4) is 0 Å². The molecular weight excluding hydrogens is 391 g/mol. The van der Waals surface area contributed by atoms with Gasteiger partial charge in [0.2, 0.25) is 5.91 Å². The Kier molecular flexibility index (Phi) is 4.94. The summed E-state index contributed by atoms with van der Waals surface area (Å²) in [4.78, 5) is 39.1. The molecule has 0 fully saturated rings. The number of primary amides is 1. The number of nitrogens with zero attached hydrogens (tertiary/aromatic N) is 3. The third-order valence-electron chi connectivity index (χ3n) is 5.24. The number of anilines is 2. The van der Waals surface area contributed by atoms with Crippen LogP contribution in [0.2, 0.25) is 0 Å². The monoisotopic (exact) mass is 410 g/mol. The maximum atomic E-state index is 13.4. The zero-order valence-electron chi connectivity index (χ0n) is 16.1. The summed E-state index contributed by atoms with van der Waals surface area (Å²) in [6.07, 6.45) is 0.293. The Morgan fingerprint density at radius 3 is 2.43 bits per heavy atom. The first-order chi connectivity index (χ1) is 14.4. The number of halogens is 1. The van der Waals surface area contributed by atoms with E-state index in [9.17, 15) is 18.8 Å². The highest BCUT2D eigenvalue weighted by atomic mass is 19.1. The number of rotatable bonds is 4. The number of esters is 1. The predicted molar refractivity (Wildman–Crippen MR) is 107 cm³/mol. The average molecular weight is 410 g/mol. The standard InChI is InChI=1S/C21H19FN4O4/c1-30-21(29)18-10-12-4-2-3-5-16(12)25(18)20(28)15-11-17(19(23)27)26(24-15)14-8-6-13(22)7-9-14/h2-9,17-18H,10-11H2,1H3,(H2,23,27). The van der Waals surface area contributed by atoms with Crippen LogP contribution in [-0.4, -0.2) is 42.7 Å². The molecule has 30 heavy (non-hydrogen) atoms. The van der Waals surface area contributed by atoms with Crippen LogP contribution in [-0.2, 0) is 25.5 Å². The summed E-state index contributed by atoms with van der Waals surface area (Å²) in [6.45, 7) is 0. The van der Waals surface area contributed by atoms with E-state index in [0.717, 1.165) is 5.56 Å². The fraction of sp³-hybridized carbons (Fsp3) is 0.238. The highest BCUT2D eigenvalue weighted by Gasteiger charge is 2.43. The number of benzene rings is 2. The van der Waals surface area contributed by atoms with Gasteiger partial charge in [-0.1, -0.05) is 18.2 Å². The SMILES string of the molecule is COC(=O)C1Cc2ccccc2N1C(=O)C1=NN(c2ccc(F)cc2)C(C(N)=O)C1. The fourth-order valence-corrected chi connectivity index (χ4v) is 3.79. The van der Waals surface area contributed by atoms with Crippen molar-refractivity contribution in [3.8, 4) is 0 Å². The van der Waals surface area contributed by atoms with Gasteiger partial charge in [0, 0.05) is 18.5 Å². The Morgan fingerprint density at radius 1 is 1.07 bits per heavy atom. The Bertz CT molecular complexity index is 1050. The van der Waals surface area contributed by atoms with Crippen molar-refractivity contribution in [2.24, 2.45) is 10.8 Å². The maximum absolute atomic E-state index is 13.4. The lowest BCUT2D eigenvalue weighted by molar-refractivity contribution is -0.142. The summed E-state index contributed by atoms with van der Waals surface area (Å²) in [6, 6.07) is 10.8. The molecule has 0 spiro atoms. The number of ether oxygens (including phenoxy) is 1. The Morgan fingerprint density at radius 2 is 1.77 bits per heavy atom. The molecule has 0 saturated heterocycles. The van der Waals surface area contributed by atoms with Gasteiger partial charge in [-0.15, -0.1) is 0 Å². The molecule has 9 heteroatoms. The number of fused-ring (bicyclic) bond motifs is 1. The van der Waals surface area contributed by atoms with Crippen molar-refractivity contribution in [3.05, 3.63) is 59.9 Å². The minimum absolute atomic E-state index is 0.0297. The van der Waals surface area contributed by atoms with Crippen LogP contribution in [0.4, 0.5) is 15.8 Å². The van der Waals surface area contributed by atoms with E-state index in [1.807, 2.05) is 12.1 Å². The second-order valence-electron chi connectivity index (χ2n) is 7.04. The first-order valence-electron chi connectivity index (χ1n) is 9.31. The first-order valence-corrected chi connectivity index (χ1v) is 9.31. The van der Waals surface area contributed by atoms with Gasteiger partial charge < -0.3 is 10.5 Å². The molecule has 2 aromatic carbocycles. The molecule has 2 atom stereocenters. The number of carbonyl (C=O) groups excluding carboxylic acids is 3. The maximum Gasteiger partial charge on any atom is 0.329 e. The van der Waals surface area contributed by atoms with Gasteiger partial charge in [0.25, 0.3) is 5.91 Å². The van der Waals surface area contributed by atoms with Crippen molar-refractivity contribution in [2.45, 2.75) is 24.9 Å². The van der Waals surface area contributed by atoms with E-state index in [-0.39, 0.29) is 12.1 Å². The van der Waals surface area contributed by atoms with E-state index in [1.54, 1.807) is 12.1 Å². The minimum Gasteiger partial charge on any atom is -0.467 e. The van der Waals surface area contributed by atoms with Gasteiger partial charge in [0.05, 0.1) is 12.8 Å². The highest BCUT2D eigenvalue weighted by Crippen LogP contribution is 2.34. The van der Waals surface area contributed by atoms with E-state index < -0.39 is 35.7 Å². The van der Waals surface area contributed by atoms with Crippen molar-refractivity contribution in [1.82, 2.24) is 0 Å². The molecule has 0 bridgehead atoms. The quantitative estimate of drug-likeness (QED) is 0.767. The van der Waals surface area contributed by atoms with Crippen LogP contribution in [0.25, 0.3) is 0 Å². The van der Waals surface area contributed by atoms with Gasteiger partial charge >= 0.3 is 5.97 Å². The van der Waals surface area contributed by atoms with Crippen molar-refractivity contribution < 1.29 is 23.5 Å². The molecule has 0 radical (unpaired) electrons. The lowest BCUT2D eigenvalue weighted by atomic mass is 10.1. The van der Waals surface area contributed by atoms with Gasteiger partial charge in [0.1, 0.15) is 23.6 Å². The smallest absolute Gasteiger partial charge is 0.329 e. The van der Waals surface area contributed by atoms with Gasteiger partial charge in [-0.3, -0.25) is 19.5 Å². The zero-order valence-corrected chi connectivity index (χ0v) is 16.1. The summed E-state index contributed by atoms with van der Waals surface area (Å²) in [5.41, 5.74) is 7.45. The topological polar surface area (TPSA) is 105 Å². The summed E-state index contributed by atoms with van der Waals surface area (Å²) in [5.74, 6) is -2.16. The molecule has 2 aromatic rings. The number of hydrogen-bond acceptors (Lipinski definition) is 6. The third-order valence-corrected chi connectivity index (χ3v) is 5.24. The van der Waals surface area contributed by atoms with Gasteiger partial charge in [-0.2, -0.15) is 5.10 Å². The largest absolute Gasteiger partial charge is 0.467 e. The van der Waals surface area contributed by atoms with Gasteiger partial charge in [-0.25, -0.2) is 9.18 Å². The van der Waals surface area contributed by atoms with E-state index in [2.05, 4.69) is 5.10 Å². The first kappa shape index (κ1) is 19.6. The molecule has 2 unspecified atom stereocenters. The lowest BCUT2D eigenvalue weighted by Crippen LogP contribution is -2.46. The van der Waals surface area contributed by atoms with Crippen molar-refractivity contribution in [3.63, 3.8) is 0 Å². The second-order valence-corrected chi connectivity index (χ2v) is 7.04. The molecule has 2 heterocycles. The predicted octanol–water partition coefficient (Wildman–Crippen LogP) is 1.38. The van der Waals surface area contributed by atoms with E-state index in [4.69, 9.17) is 10.5 Å². The molecule has 4 rings (SSSR count). The van der Waals surface area contributed by atoms with E-state index in [0.29, 0.717) is 17.8 Å². The van der Waals surface area contributed by atoms with Crippen LogP contribution in [0.5, 0.6) is 0 Å². The number of para-hydroxylation sites is 1. The third kappa shape index (κ3) is 3.28.